The number of hydrogen-bond donors (Lipinski definition) is 3. The van der Waals surface area contributed by atoms with Crippen molar-refractivity contribution in [2.75, 3.05) is 6.61 Å². The molecule has 0 atom stereocenters. The topological polar surface area (TPSA) is 73.3 Å². The van der Waals surface area contributed by atoms with Crippen LogP contribution in [0.4, 0.5) is 0 Å². The Kier molecular flexibility index (Phi) is 2.92. The number of H-pyrrole nitrogens is 1. The lowest BCUT2D eigenvalue weighted by Crippen LogP contribution is -1.99. The van der Waals surface area contributed by atoms with Crippen LogP contribution in [0.3, 0.4) is 0 Å². The molecule has 0 spiro atoms. The second-order valence-electron chi connectivity index (χ2n) is 3.74. The van der Waals surface area contributed by atoms with E-state index < -0.39 is 5.97 Å². The maximum Gasteiger partial charge on any atom is 0.307 e. The Bertz CT molecular complexity index is 516. The number of carboxylic acids is 1. The number of aromatic amines is 1. The largest absolute Gasteiger partial charge is 0.481 e. The first kappa shape index (κ1) is 10.7. The van der Waals surface area contributed by atoms with E-state index in [2.05, 4.69) is 4.98 Å². The quantitative estimate of drug-likeness (QED) is 0.726. The van der Waals surface area contributed by atoms with E-state index in [4.69, 9.17) is 10.2 Å². The highest BCUT2D eigenvalue weighted by atomic mass is 16.4. The molecule has 2 aromatic rings. The number of aromatic nitrogens is 1. The highest BCUT2D eigenvalue weighted by molar-refractivity contribution is 5.85. The van der Waals surface area contributed by atoms with Crippen LogP contribution >= 0.6 is 0 Å². The molecule has 3 N–H and O–H groups in total. The minimum atomic E-state index is -0.835. The van der Waals surface area contributed by atoms with Crippen molar-refractivity contribution in [2.45, 2.75) is 12.8 Å². The third-order valence-corrected chi connectivity index (χ3v) is 2.57. The molecule has 0 aliphatic carbocycles. The van der Waals surface area contributed by atoms with E-state index in [0.717, 1.165) is 22.0 Å². The summed E-state index contributed by atoms with van der Waals surface area (Å²) in [5, 5.41) is 18.6. The fourth-order valence-corrected chi connectivity index (χ4v) is 1.84. The Balaban J connectivity index is 2.41. The molecule has 4 heteroatoms. The summed E-state index contributed by atoms with van der Waals surface area (Å²) < 4.78 is 0. The molecule has 1 aromatic heterocycles. The average Bonchev–Trinajstić information content (AvgIpc) is 2.61. The molecule has 4 nitrogen and oxygen atoms in total. The van der Waals surface area contributed by atoms with Crippen molar-refractivity contribution in [3.8, 4) is 0 Å². The van der Waals surface area contributed by atoms with Crippen LogP contribution in [-0.4, -0.2) is 27.8 Å². The fraction of sp³-hybridized carbons (Fsp3) is 0.250. The summed E-state index contributed by atoms with van der Waals surface area (Å²) in [5.74, 6) is -0.835. The van der Waals surface area contributed by atoms with E-state index in [9.17, 15) is 4.79 Å². The Hall–Kier alpha value is -1.81. The van der Waals surface area contributed by atoms with Gasteiger partial charge in [0, 0.05) is 23.7 Å². The van der Waals surface area contributed by atoms with Crippen molar-refractivity contribution in [1.82, 2.24) is 4.98 Å². The van der Waals surface area contributed by atoms with Crippen LogP contribution in [0.25, 0.3) is 10.9 Å². The molecule has 0 aliphatic rings. The molecule has 0 saturated heterocycles. The van der Waals surface area contributed by atoms with E-state index >= 15 is 0 Å². The maximum atomic E-state index is 10.6. The van der Waals surface area contributed by atoms with Crippen molar-refractivity contribution in [3.05, 3.63) is 35.5 Å². The third kappa shape index (κ3) is 2.06. The minimum Gasteiger partial charge on any atom is -0.481 e. The molecule has 0 saturated carbocycles. The summed E-state index contributed by atoms with van der Waals surface area (Å²) >= 11 is 0. The molecule has 1 aromatic carbocycles. The monoisotopic (exact) mass is 219 g/mol. The second-order valence-corrected chi connectivity index (χ2v) is 3.74. The molecule has 16 heavy (non-hydrogen) atoms. The maximum absolute atomic E-state index is 10.6. The number of aliphatic hydroxyl groups excluding tert-OH is 1. The number of rotatable bonds is 4. The lowest BCUT2D eigenvalue weighted by molar-refractivity contribution is -0.136. The Morgan fingerprint density at radius 3 is 2.88 bits per heavy atom. The van der Waals surface area contributed by atoms with Gasteiger partial charge in [0.25, 0.3) is 0 Å². The van der Waals surface area contributed by atoms with Crippen LogP contribution in [0.5, 0.6) is 0 Å². The lowest BCUT2D eigenvalue weighted by atomic mass is 10.1. The smallest absolute Gasteiger partial charge is 0.307 e. The highest BCUT2D eigenvalue weighted by Gasteiger charge is 2.06. The van der Waals surface area contributed by atoms with E-state index in [1.807, 2.05) is 18.3 Å². The van der Waals surface area contributed by atoms with Gasteiger partial charge in [-0.2, -0.15) is 0 Å². The molecule has 2 rings (SSSR count). The summed E-state index contributed by atoms with van der Waals surface area (Å²) in [7, 11) is 0. The van der Waals surface area contributed by atoms with E-state index in [-0.39, 0.29) is 13.0 Å². The third-order valence-electron chi connectivity index (χ3n) is 2.57. The zero-order valence-electron chi connectivity index (χ0n) is 8.73. The normalized spacial score (nSPS) is 10.8. The first-order chi connectivity index (χ1) is 7.70. The van der Waals surface area contributed by atoms with Gasteiger partial charge in [-0.25, -0.2) is 0 Å². The predicted molar refractivity (Wildman–Crippen MR) is 60.4 cm³/mol. The molecule has 0 bridgehead atoms. The first-order valence-corrected chi connectivity index (χ1v) is 5.12. The minimum absolute atomic E-state index is 0.0275. The van der Waals surface area contributed by atoms with Gasteiger partial charge >= 0.3 is 5.97 Å². The zero-order chi connectivity index (χ0) is 11.5. The average molecular weight is 219 g/mol. The van der Waals surface area contributed by atoms with Gasteiger partial charge in [-0.1, -0.05) is 6.07 Å². The molecule has 0 aliphatic heterocycles. The Morgan fingerprint density at radius 2 is 2.19 bits per heavy atom. The number of carboxylic acid groups (broad SMARTS) is 1. The van der Waals surface area contributed by atoms with Gasteiger partial charge in [-0.3, -0.25) is 4.79 Å². The molecule has 0 radical (unpaired) electrons. The first-order valence-electron chi connectivity index (χ1n) is 5.12. The lowest BCUT2D eigenvalue weighted by Gasteiger charge is -1.99. The van der Waals surface area contributed by atoms with Crippen molar-refractivity contribution in [1.29, 1.82) is 0 Å². The number of nitrogens with one attached hydrogen (secondary N) is 1. The van der Waals surface area contributed by atoms with Crippen LogP contribution in [0, 0.1) is 0 Å². The van der Waals surface area contributed by atoms with E-state index in [0.29, 0.717) is 6.42 Å². The summed E-state index contributed by atoms with van der Waals surface area (Å²) in [5.41, 5.74) is 2.76. The summed E-state index contributed by atoms with van der Waals surface area (Å²) in [6, 6.07) is 5.54. The van der Waals surface area contributed by atoms with Crippen molar-refractivity contribution in [2.24, 2.45) is 0 Å². The number of aliphatic carboxylic acids is 1. The van der Waals surface area contributed by atoms with Crippen molar-refractivity contribution >= 4 is 16.9 Å². The van der Waals surface area contributed by atoms with Gasteiger partial charge in [-0.15, -0.1) is 0 Å². The van der Waals surface area contributed by atoms with Gasteiger partial charge in [0.15, 0.2) is 0 Å². The Morgan fingerprint density at radius 1 is 1.38 bits per heavy atom. The fourth-order valence-electron chi connectivity index (χ4n) is 1.84. The van der Waals surface area contributed by atoms with Gasteiger partial charge < -0.3 is 15.2 Å². The summed E-state index contributed by atoms with van der Waals surface area (Å²) in [6.45, 7) is 0.0934. The molecular formula is C12H13NO3. The van der Waals surface area contributed by atoms with Crippen LogP contribution in [-0.2, 0) is 17.6 Å². The summed E-state index contributed by atoms with van der Waals surface area (Å²) in [4.78, 5) is 13.7. The van der Waals surface area contributed by atoms with Crippen LogP contribution in [0.15, 0.2) is 24.4 Å². The summed E-state index contributed by atoms with van der Waals surface area (Å²) in [6.07, 6.45) is 2.46. The van der Waals surface area contributed by atoms with Gasteiger partial charge in [0.2, 0.25) is 0 Å². The Labute approximate surface area is 92.5 Å². The molecule has 84 valence electrons. The number of aliphatic hydroxyl groups is 1. The van der Waals surface area contributed by atoms with Crippen LogP contribution in [0.1, 0.15) is 11.1 Å². The van der Waals surface area contributed by atoms with Crippen LogP contribution in [0.2, 0.25) is 0 Å². The van der Waals surface area contributed by atoms with Crippen LogP contribution < -0.4 is 0 Å². The van der Waals surface area contributed by atoms with E-state index in [1.54, 1.807) is 6.07 Å². The van der Waals surface area contributed by atoms with Gasteiger partial charge in [-0.05, 0) is 29.7 Å². The van der Waals surface area contributed by atoms with Gasteiger partial charge in [0.1, 0.15) is 0 Å². The number of carbonyl (C=O) groups is 1. The number of benzene rings is 1. The van der Waals surface area contributed by atoms with Crippen molar-refractivity contribution in [3.63, 3.8) is 0 Å². The van der Waals surface area contributed by atoms with Gasteiger partial charge in [0.05, 0.1) is 6.42 Å². The highest BCUT2D eigenvalue weighted by Crippen LogP contribution is 2.20. The molecule has 0 fully saturated rings. The molecule has 1 heterocycles. The number of hydrogen-bond acceptors (Lipinski definition) is 2. The number of fused-ring (bicyclic) bond motifs is 1. The van der Waals surface area contributed by atoms with Crippen molar-refractivity contribution < 1.29 is 15.0 Å². The predicted octanol–water partition coefficient (Wildman–Crippen LogP) is 1.33. The standard InChI is InChI=1S/C12H13NO3/c14-4-3-9-7-13-11-2-1-8(5-10(9)11)6-12(15)16/h1-2,5,7,13-14H,3-4,6H2,(H,15,16). The molecule has 0 amide bonds. The molecule has 0 unspecified atom stereocenters. The molecular weight excluding hydrogens is 206 g/mol. The second kappa shape index (κ2) is 4.37. The zero-order valence-corrected chi connectivity index (χ0v) is 8.73. The van der Waals surface area contributed by atoms with E-state index in [1.165, 1.54) is 0 Å². The SMILES string of the molecule is O=C(O)Cc1ccc2[nH]cc(CCO)c2c1.